The number of hydrogen-bond acceptors (Lipinski definition) is 6. The monoisotopic (exact) mass is 511 g/mol. The van der Waals surface area contributed by atoms with E-state index in [1.165, 1.54) is 0 Å². The third kappa shape index (κ3) is 12.1. The quantitative estimate of drug-likeness (QED) is 0.285. The van der Waals surface area contributed by atoms with Crippen LogP contribution in [0.15, 0.2) is 48.5 Å². The molecule has 0 fully saturated rings. The van der Waals surface area contributed by atoms with E-state index in [0.717, 1.165) is 11.1 Å². The van der Waals surface area contributed by atoms with Gasteiger partial charge in [0.05, 0.1) is 17.7 Å². The van der Waals surface area contributed by atoms with E-state index in [1.807, 2.05) is 37.3 Å². The zero-order chi connectivity index (χ0) is 27.3. The summed E-state index contributed by atoms with van der Waals surface area (Å²) in [5.41, 5.74) is 1.93. The number of hydrogen-bond donors (Lipinski definition) is 3. The van der Waals surface area contributed by atoms with E-state index in [1.54, 1.807) is 39.0 Å². The van der Waals surface area contributed by atoms with E-state index in [-0.39, 0.29) is 31.9 Å². The van der Waals surface area contributed by atoms with Crippen LogP contribution in [0.3, 0.4) is 0 Å². The van der Waals surface area contributed by atoms with Gasteiger partial charge in [-0.15, -0.1) is 0 Å². The molecular weight excluding hydrogens is 474 g/mol. The van der Waals surface area contributed by atoms with Gasteiger partial charge in [0.1, 0.15) is 12.2 Å². The second kappa shape index (κ2) is 14.6. The number of carbonyl (C=O) groups is 4. The van der Waals surface area contributed by atoms with Crippen LogP contribution in [0.2, 0.25) is 0 Å². The van der Waals surface area contributed by atoms with E-state index in [2.05, 4.69) is 16.0 Å². The Morgan fingerprint density at radius 3 is 2.30 bits per heavy atom. The normalized spacial score (nSPS) is 10.8. The number of amides is 3. The lowest BCUT2D eigenvalue weighted by Gasteiger charge is -2.19. The highest BCUT2D eigenvalue weighted by Gasteiger charge is 2.16. The van der Waals surface area contributed by atoms with Crippen LogP contribution in [0.5, 0.6) is 0 Å². The molecule has 3 N–H and O–H groups in total. The van der Waals surface area contributed by atoms with Crippen molar-refractivity contribution in [2.24, 2.45) is 0 Å². The predicted octanol–water partition coefficient (Wildman–Crippen LogP) is 4.49. The number of anilines is 1. The maximum absolute atomic E-state index is 12.7. The minimum absolute atomic E-state index is 0.0312. The van der Waals surface area contributed by atoms with Crippen molar-refractivity contribution in [3.63, 3.8) is 0 Å². The lowest BCUT2D eigenvalue weighted by molar-refractivity contribution is -0.144. The van der Waals surface area contributed by atoms with Crippen LogP contribution >= 0.6 is 0 Å². The average molecular weight is 512 g/mol. The van der Waals surface area contributed by atoms with Gasteiger partial charge in [-0.1, -0.05) is 36.4 Å². The van der Waals surface area contributed by atoms with E-state index >= 15 is 0 Å². The van der Waals surface area contributed by atoms with E-state index in [9.17, 15) is 19.2 Å². The number of benzene rings is 2. The molecule has 200 valence electrons. The zero-order valence-electron chi connectivity index (χ0n) is 22.0. The Hall–Kier alpha value is -3.88. The number of rotatable bonds is 12. The minimum Gasteiger partial charge on any atom is -0.461 e. The standard InChI is InChI=1S/C28H37N3O6/c1-20-13-14-22(26(34)29-17-15-25(33)36-19-21-10-6-5-7-11-21)23(18-20)31-24(32)12-8-9-16-30-27(35)37-28(2,3)4/h5-7,10-11,13-14,18H,8-9,12,15-17,19H2,1-4H3,(H,29,34)(H,30,35)(H,31,32). The fourth-order valence-electron chi connectivity index (χ4n) is 3.27. The highest BCUT2D eigenvalue weighted by molar-refractivity contribution is 6.04. The first-order chi connectivity index (χ1) is 17.5. The number of esters is 1. The van der Waals surface area contributed by atoms with Gasteiger partial charge < -0.3 is 25.4 Å². The molecule has 0 spiro atoms. The average Bonchev–Trinajstić information content (AvgIpc) is 2.82. The SMILES string of the molecule is Cc1ccc(C(=O)NCCC(=O)OCc2ccccc2)c(NC(=O)CCCCNC(=O)OC(C)(C)C)c1. The molecule has 9 nitrogen and oxygen atoms in total. The molecule has 0 aromatic heterocycles. The van der Waals surface area contributed by atoms with Gasteiger partial charge in [0.25, 0.3) is 5.91 Å². The van der Waals surface area contributed by atoms with Crippen molar-refractivity contribution in [1.82, 2.24) is 10.6 Å². The van der Waals surface area contributed by atoms with Gasteiger partial charge in [-0.2, -0.15) is 0 Å². The third-order valence-corrected chi connectivity index (χ3v) is 5.05. The van der Waals surface area contributed by atoms with Gasteiger partial charge in [0, 0.05) is 19.5 Å². The summed E-state index contributed by atoms with van der Waals surface area (Å²) in [6.07, 6.45) is 0.938. The number of aryl methyl sites for hydroxylation is 1. The van der Waals surface area contributed by atoms with Crippen molar-refractivity contribution in [1.29, 1.82) is 0 Å². The molecule has 0 unspecified atom stereocenters. The molecule has 0 aliphatic rings. The molecule has 0 aliphatic heterocycles. The molecule has 37 heavy (non-hydrogen) atoms. The molecule has 2 aromatic carbocycles. The van der Waals surface area contributed by atoms with Crippen molar-refractivity contribution in [2.45, 2.75) is 65.6 Å². The number of carbonyl (C=O) groups excluding carboxylic acids is 4. The summed E-state index contributed by atoms with van der Waals surface area (Å²) in [7, 11) is 0. The first-order valence-electron chi connectivity index (χ1n) is 12.4. The molecule has 9 heteroatoms. The summed E-state index contributed by atoms with van der Waals surface area (Å²) in [5, 5.41) is 8.16. The summed E-state index contributed by atoms with van der Waals surface area (Å²) < 4.78 is 10.4. The molecule has 0 saturated heterocycles. The molecular formula is C28H37N3O6. The maximum atomic E-state index is 12.7. The lowest BCUT2D eigenvalue weighted by Crippen LogP contribution is -2.33. The Morgan fingerprint density at radius 1 is 0.865 bits per heavy atom. The Bertz CT molecular complexity index is 1060. The van der Waals surface area contributed by atoms with Crippen LogP contribution < -0.4 is 16.0 Å². The molecule has 0 atom stereocenters. The fraction of sp³-hybridized carbons (Fsp3) is 0.429. The summed E-state index contributed by atoms with van der Waals surface area (Å²) in [4.78, 5) is 48.8. The Kier molecular flexibility index (Phi) is 11.6. The first kappa shape index (κ1) is 29.4. The summed E-state index contributed by atoms with van der Waals surface area (Å²) in [6.45, 7) is 7.92. The highest BCUT2D eigenvalue weighted by atomic mass is 16.6. The molecule has 0 saturated carbocycles. The Morgan fingerprint density at radius 2 is 1.59 bits per heavy atom. The Balaban J connectivity index is 1.75. The minimum atomic E-state index is -0.562. The summed E-state index contributed by atoms with van der Waals surface area (Å²) in [5.74, 6) is -1.04. The van der Waals surface area contributed by atoms with E-state index in [4.69, 9.17) is 9.47 Å². The van der Waals surface area contributed by atoms with Crippen LogP contribution in [-0.4, -0.2) is 42.6 Å². The highest BCUT2D eigenvalue weighted by Crippen LogP contribution is 2.18. The summed E-state index contributed by atoms with van der Waals surface area (Å²) >= 11 is 0. The second-order valence-corrected chi connectivity index (χ2v) is 9.64. The molecule has 3 amide bonds. The molecule has 0 radical (unpaired) electrons. The van der Waals surface area contributed by atoms with Crippen LogP contribution in [-0.2, 0) is 25.7 Å². The molecule has 0 aliphatic carbocycles. The predicted molar refractivity (Wildman–Crippen MR) is 141 cm³/mol. The number of nitrogens with one attached hydrogen (secondary N) is 3. The van der Waals surface area contributed by atoms with Crippen molar-refractivity contribution in [3.8, 4) is 0 Å². The second-order valence-electron chi connectivity index (χ2n) is 9.64. The fourth-order valence-corrected chi connectivity index (χ4v) is 3.27. The van der Waals surface area contributed by atoms with Crippen molar-refractivity contribution < 1.29 is 28.7 Å². The van der Waals surface area contributed by atoms with Crippen molar-refractivity contribution >= 4 is 29.6 Å². The van der Waals surface area contributed by atoms with Crippen molar-refractivity contribution in [2.75, 3.05) is 18.4 Å². The zero-order valence-corrected chi connectivity index (χ0v) is 22.0. The van der Waals surface area contributed by atoms with Crippen LogP contribution in [0.4, 0.5) is 10.5 Å². The molecule has 0 heterocycles. The van der Waals surface area contributed by atoms with E-state index in [0.29, 0.717) is 30.6 Å². The molecule has 0 bridgehead atoms. The number of unbranched alkanes of at least 4 members (excludes halogenated alkanes) is 1. The topological polar surface area (TPSA) is 123 Å². The molecule has 2 rings (SSSR count). The number of ether oxygens (including phenoxy) is 2. The summed E-state index contributed by atoms with van der Waals surface area (Å²) in [6, 6.07) is 14.5. The third-order valence-electron chi connectivity index (χ3n) is 5.05. The molecule has 2 aromatic rings. The van der Waals surface area contributed by atoms with Crippen LogP contribution in [0, 0.1) is 6.92 Å². The van der Waals surface area contributed by atoms with Gasteiger partial charge in [0.2, 0.25) is 5.91 Å². The Labute approximate surface area is 218 Å². The van der Waals surface area contributed by atoms with Gasteiger partial charge in [-0.3, -0.25) is 14.4 Å². The van der Waals surface area contributed by atoms with Gasteiger partial charge in [-0.05, 0) is 63.8 Å². The smallest absolute Gasteiger partial charge is 0.407 e. The van der Waals surface area contributed by atoms with Gasteiger partial charge >= 0.3 is 12.1 Å². The maximum Gasteiger partial charge on any atom is 0.407 e. The van der Waals surface area contributed by atoms with Crippen LogP contribution in [0.1, 0.15) is 67.9 Å². The largest absolute Gasteiger partial charge is 0.461 e. The van der Waals surface area contributed by atoms with Gasteiger partial charge in [0.15, 0.2) is 0 Å². The van der Waals surface area contributed by atoms with Gasteiger partial charge in [-0.25, -0.2) is 4.79 Å². The lowest BCUT2D eigenvalue weighted by atomic mass is 10.1. The number of alkyl carbamates (subject to hydrolysis) is 1. The van der Waals surface area contributed by atoms with E-state index < -0.39 is 23.6 Å². The first-order valence-corrected chi connectivity index (χ1v) is 12.4. The van der Waals surface area contributed by atoms with Crippen LogP contribution in [0.25, 0.3) is 0 Å². The van der Waals surface area contributed by atoms with Crippen molar-refractivity contribution in [3.05, 3.63) is 65.2 Å².